The highest BCUT2D eigenvalue weighted by Gasteiger charge is 2.44. The first kappa shape index (κ1) is 17.3. The lowest BCUT2D eigenvalue weighted by molar-refractivity contribution is -0.142. The van der Waals surface area contributed by atoms with Gasteiger partial charge >= 0.3 is 5.97 Å². The van der Waals surface area contributed by atoms with Gasteiger partial charge in [-0.15, -0.1) is 0 Å². The number of cyclic esters (lactones) is 1. The van der Waals surface area contributed by atoms with Crippen LogP contribution in [0, 0.1) is 0 Å². The maximum atomic E-state index is 12.2. The molecule has 0 amide bonds. The van der Waals surface area contributed by atoms with E-state index >= 15 is 0 Å². The highest BCUT2D eigenvalue weighted by atomic mass is 79.9. The molecule has 3 heterocycles. The van der Waals surface area contributed by atoms with Crippen LogP contribution in [0.25, 0.3) is 0 Å². The van der Waals surface area contributed by atoms with Crippen molar-refractivity contribution in [3.8, 4) is 0 Å². The number of aromatic nitrogens is 4. The molecule has 4 rings (SSSR count). The highest BCUT2D eigenvalue weighted by molar-refractivity contribution is 9.10. The Kier molecular flexibility index (Phi) is 4.34. The number of carbonyl (C=O) groups excluding carboxylic acids is 1. The van der Waals surface area contributed by atoms with Gasteiger partial charge in [-0.25, -0.2) is 9.67 Å². The Morgan fingerprint density at radius 1 is 1.46 bits per heavy atom. The summed E-state index contributed by atoms with van der Waals surface area (Å²) in [7, 11) is 0. The van der Waals surface area contributed by atoms with Crippen molar-refractivity contribution in [1.82, 2.24) is 19.7 Å². The SMILES string of the molecule is CCNc1nc(Nc2cc([C@@]3(C)CCOC3=O)nn2C2CC2)ncc1Br. The van der Waals surface area contributed by atoms with Gasteiger partial charge in [0.15, 0.2) is 0 Å². The van der Waals surface area contributed by atoms with E-state index in [9.17, 15) is 4.79 Å². The normalized spacial score (nSPS) is 22.3. The molecule has 8 nitrogen and oxygen atoms in total. The fourth-order valence-corrected chi connectivity index (χ4v) is 3.36. The van der Waals surface area contributed by atoms with E-state index in [1.165, 1.54) is 0 Å². The lowest BCUT2D eigenvalue weighted by atomic mass is 9.85. The Balaban J connectivity index is 1.66. The van der Waals surface area contributed by atoms with E-state index in [2.05, 4.69) is 36.5 Å². The third-order valence-corrected chi connectivity index (χ3v) is 5.39. The van der Waals surface area contributed by atoms with Gasteiger partial charge in [0.1, 0.15) is 17.1 Å². The fraction of sp³-hybridized carbons (Fsp3) is 0.529. The summed E-state index contributed by atoms with van der Waals surface area (Å²) in [5.41, 5.74) is 0.0462. The monoisotopic (exact) mass is 420 g/mol. The number of carbonyl (C=O) groups is 1. The molecule has 2 aromatic heterocycles. The molecule has 2 fully saturated rings. The van der Waals surface area contributed by atoms with Crippen LogP contribution in [0.2, 0.25) is 0 Å². The summed E-state index contributed by atoms with van der Waals surface area (Å²) in [6.07, 6.45) is 4.52. The number of hydrogen-bond donors (Lipinski definition) is 2. The molecule has 1 atom stereocenters. The molecule has 2 N–H and O–H groups in total. The van der Waals surface area contributed by atoms with Crippen LogP contribution in [0.5, 0.6) is 0 Å². The average Bonchev–Trinajstić information content (AvgIpc) is 3.29. The number of rotatable bonds is 6. The molecule has 1 saturated carbocycles. The van der Waals surface area contributed by atoms with Gasteiger partial charge in [0.25, 0.3) is 0 Å². The summed E-state index contributed by atoms with van der Waals surface area (Å²) in [6.45, 7) is 5.11. The summed E-state index contributed by atoms with van der Waals surface area (Å²) in [5, 5.41) is 11.2. The Morgan fingerprint density at radius 3 is 2.92 bits per heavy atom. The smallest absolute Gasteiger partial charge is 0.318 e. The molecule has 1 aliphatic heterocycles. The van der Waals surface area contributed by atoms with Crippen molar-refractivity contribution < 1.29 is 9.53 Å². The molecule has 1 saturated heterocycles. The molecule has 2 aliphatic rings. The van der Waals surface area contributed by atoms with Gasteiger partial charge in [-0.05, 0) is 42.6 Å². The molecule has 0 spiro atoms. The van der Waals surface area contributed by atoms with Crippen LogP contribution >= 0.6 is 15.9 Å². The van der Waals surface area contributed by atoms with Crippen molar-refractivity contribution in [2.45, 2.75) is 44.6 Å². The van der Waals surface area contributed by atoms with Crippen molar-refractivity contribution in [1.29, 1.82) is 0 Å². The second-order valence-electron chi connectivity index (χ2n) is 6.85. The number of halogens is 1. The minimum absolute atomic E-state index is 0.209. The van der Waals surface area contributed by atoms with Crippen molar-refractivity contribution in [3.63, 3.8) is 0 Å². The van der Waals surface area contributed by atoms with Gasteiger partial charge in [0.05, 0.1) is 22.8 Å². The Morgan fingerprint density at radius 2 is 2.27 bits per heavy atom. The third-order valence-electron chi connectivity index (χ3n) is 4.81. The van der Waals surface area contributed by atoms with Crippen molar-refractivity contribution in [3.05, 3.63) is 22.4 Å². The summed E-state index contributed by atoms with van der Waals surface area (Å²) in [4.78, 5) is 21.0. The minimum Gasteiger partial charge on any atom is -0.465 e. The molecule has 138 valence electrons. The fourth-order valence-electron chi connectivity index (χ4n) is 3.03. The second kappa shape index (κ2) is 6.53. The van der Waals surface area contributed by atoms with E-state index in [0.717, 1.165) is 41.2 Å². The molecule has 2 aromatic rings. The quantitative estimate of drug-likeness (QED) is 0.692. The summed E-state index contributed by atoms with van der Waals surface area (Å²) < 4.78 is 7.93. The van der Waals surface area contributed by atoms with Gasteiger partial charge in [-0.1, -0.05) is 0 Å². The Hall–Kier alpha value is -2.16. The lowest BCUT2D eigenvalue weighted by Gasteiger charge is -2.15. The van der Waals surface area contributed by atoms with Crippen LogP contribution in [-0.4, -0.2) is 38.9 Å². The Bertz CT molecular complexity index is 850. The van der Waals surface area contributed by atoms with Crippen LogP contribution < -0.4 is 10.6 Å². The van der Waals surface area contributed by atoms with Gasteiger partial charge in [-0.2, -0.15) is 10.1 Å². The number of esters is 1. The summed E-state index contributed by atoms with van der Waals surface area (Å²) >= 11 is 3.44. The largest absolute Gasteiger partial charge is 0.465 e. The van der Waals surface area contributed by atoms with E-state index < -0.39 is 5.41 Å². The molecular weight excluding hydrogens is 400 g/mol. The topological polar surface area (TPSA) is 94.0 Å². The van der Waals surface area contributed by atoms with Crippen molar-refractivity contribution in [2.75, 3.05) is 23.8 Å². The van der Waals surface area contributed by atoms with Crippen LogP contribution in [-0.2, 0) is 14.9 Å². The molecule has 26 heavy (non-hydrogen) atoms. The predicted molar refractivity (Wildman–Crippen MR) is 101 cm³/mol. The zero-order chi connectivity index (χ0) is 18.3. The maximum Gasteiger partial charge on any atom is 0.318 e. The van der Waals surface area contributed by atoms with Crippen molar-refractivity contribution >= 4 is 39.5 Å². The van der Waals surface area contributed by atoms with Gasteiger partial charge < -0.3 is 15.4 Å². The maximum absolute atomic E-state index is 12.2. The van der Waals surface area contributed by atoms with E-state index in [-0.39, 0.29) is 5.97 Å². The van der Waals surface area contributed by atoms with Crippen LogP contribution in [0.4, 0.5) is 17.6 Å². The lowest BCUT2D eigenvalue weighted by Crippen LogP contribution is -2.28. The number of hydrogen-bond acceptors (Lipinski definition) is 7. The standard InChI is InChI=1S/C17H21BrN6O2/c1-3-19-14-11(18)9-20-16(22-14)21-13-8-12(23-24(13)10-4-5-10)17(2)6-7-26-15(17)25/h8-10H,3-7H2,1-2H3,(H2,19,20,21,22)/t17-/m1/s1. The first-order valence-corrected chi connectivity index (χ1v) is 9.61. The minimum atomic E-state index is -0.688. The molecule has 1 aliphatic carbocycles. The zero-order valence-corrected chi connectivity index (χ0v) is 16.3. The van der Waals surface area contributed by atoms with Gasteiger partial charge in [-0.3, -0.25) is 4.79 Å². The van der Waals surface area contributed by atoms with Crippen LogP contribution in [0.1, 0.15) is 44.8 Å². The van der Waals surface area contributed by atoms with Gasteiger partial charge in [0.2, 0.25) is 5.95 Å². The first-order chi connectivity index (χ1) is 12.5. The highest BCUT2D eigenvalue weighted by Crippen LogP contribution is 2.41. The number of anilines is 3. The molecule has 0 radical (unpaired) electrons. The number of ether oxygens (including phenoxy) is 1. The van der Waals surface area contributed by atoms with Crippen LogP contribution in [0.3, 0.4) is 0 Å². The summed E-state index contributed by atoms with van der Waals surface area (Å²) in [5.74, 6) is 1.80. The predicted octanol–water partition coefficient (Wildman–Crippen LogP) is 3.15. The average molecular weight is 421 g/mol. The molecule has 0 aromatic carbocycles. The van der Waals surface area contributed by atoms with Gasteiger partial charge in [0, 0.05) is 25.2 Å². The summed E-state index contributed by atoms with van der Waals surface area (Å²) in [6, 6.07) is 2.28. The molecule has 9 heteroatoms. The molecule has 0 unspecified atom stereocenters. The molecular formula is C17H21BrN6O2. The van der Waals surface area contributed by atoms with E-state index in [4.69, 9.17) is 9.84 Å². The number of nitrogens with one attached hydrogen (secondary N) is 2. The van der Waals surface area contributed by atoms with E-state index in [1.807, 2.05) is 24.6 Å². The third kappa shape index (κ3) is 3.04. The van der Waals surface area contributed by atoms with Crippen LogP contribution in [0.15, 0.2) is 16.7 Å². The Labute approximate surface area is 159 Å². The second-order valence-corrected chi connectivity index (χ2v) is 7.71. The van der Waals surface area contributed by atoms with Crippen molar-refractivity contribution in [2.24, 2.45) is 0 Å². The van der Waals surface area contributed by atoms with E-state index in [1.54, 1.807) is 6.20 Å². The van der Waals surface area contributed by atoms with E-state index in [0.29, 0.717) is 25.0 Å². The number of nitrogens with zero attached hydrogens (tertiary/aromatic N) is 4. The molecule has 0 bridgehead atoms. The first-order valence-electron chi connectivity index (χ1n) is 8.82. The zero-order valence-electron chi connectivity index (χ0n) is 14.8.